The maximum atomic E-state index is 12.0. The fourth-order valence-electron chi connectivity index (χ4n) is 2.31. The number of benzene rings is 2. The molecule has 3 rings (SSSR count). The minimum Gasteiger partial charge on any atom is -0.286 e. The summed E-state index contributed by atoms with van der Waals surface area (Å²) in [6.45, 7) is 1.86. The van der Waals surface area contributed by atoms with E-state index in [1.54, 1.807) is 6.08 Å². The Balaban J connectivity index is 2.57. The lowest BCUT2D eigenvalue weighted by atomic mass is 9.94. The molecule has 2 aromatic carbocycles. The van der Waals surface area contributed by atoms with E-state index < -0.39 is 11.6 Å². The van der Waals surface area contributed by atoms with Crippen LogP contribution in [0.3, 0.4) is 0 Å². The summed E-state index contributed by atoms with van der Waals surface area (Å²) >= 11 is 0. The molecule has 2 nitrogen and oxygen atoms in total. The highest BCUT2D eigenvalue weighted by atomic mass is 16.2. The zero-order valence-electron chi connectivity index (χ0n) is 9.36. The van der Waals surface area contributed by atoms with Gasteiger partial charge in [0.25, 0.3) is 0 Å². The molecular weight excluding hydrogens is 212 g/mol. The molecule has 0 unspecified atom stereocenters. The van der Waals surface area contributed by atoms with Crippen molar-refractivity contribution in [2.24, 2.45) is 0 Å². The van der Waals surface area contributed by atoms with E-state index in [9.17, 15) is 9.59 Å². The van der Waals surface area contributed by atoms with Crippen molar-refractivity contribution < 1.29 is 9.59 Å². The van der Waals surface area contributed by atoms with Gasteiger partial charge in [0.05, 0.1) is 0 Å². The fourth-order valence-corrected chi connectivity index (χ4v) is 2.31. The second-order valence-corrected chi connectivity index (χ2v) is 4.23. The molecule has 1 aliphatic carbocycles. The van der Waals surface area contributed by atoms with Crippen LogP contribution in [0.4, 0.5) is 0 Å². The Kier molecular flexibility index (Phi) is 1.99. The molecule has 0 bridgehead atoms. The van der Waals surface area contributed by atoms with Gasteiger partial charge < -0.3 is 0 Å². The number of rotatable bonds is 0. The van der Waals surface area contributed by atoms with E-state index in [2.05, 4.69) is 0 Å². The van der Waals surface area contributed by atoms with Crippen LogP contribution in [0, 0.1) is 6.92 Å². The molecule has 0 amide bonds. The van der Waals surface area contributed by atoms with Crippen molar-refractivity contribution in [2.45, 2.75) is 6.92 Å². The molecule has 0 saturated carbocycles. The van der Waals surface area contributed by atoms with E-state index in [1.165, 1.54) is 6.08 Å². The largest absolute Gasteiger partial charge is 0.286 e. The van der Waals surface area contributed by atoms with Crippen molar-refractivity contribution in [2.75, 3.05) is 0 Å². The molecule has 0 N–H and O–H groups in total. The minimum atomic E-state index is -0.447. The zero-order chi connectivity index (χ0) is 12.0. The molecular formula is C15H10O2. The smallest absolute Gasteiger partial charge is 0.233 e. The summed E-state index contributed by atoms with van der Waals surface area (Å²) in [4.78, 5) is 23.7. The Morgan fingerprint density at radius 2 is 1.76 bits per heavy atom. The molecule has 0 spiro atoms. The summed E-state index contributed by atoms with van der Waals surface area (Å²) in [5.41, 5.74) is 2.33. The van der Waals surface area contributed by atoms with Crippen molar-refractivity contribution in [3.05, 3.63) is 53.1 Å². The Morgan fingerprint density at radius 1 is 0.941 bits per heavy atom. The van der Waals surface area contributed by atoms with Crippen molar-refractivity contribution in [1.29, 1.82) is 0 Å². The molecule has 0 heterocycles. The molecule has 0 atom stereocenters. The second kappa shape index (κ2) is 3.39. The van der Waals surface area contributed by atoms with Gasteiger partial charge in [0, 0.05) is 10.9 Å². The first-order valence-electron chi connectivity index (χ1n) is 5.47. The van der Waals surface area contributed by atoms with Crippen LogP contribution in [0.15, 0.2) is 36.4 Å². The normalized spacial score (nSPS) is 14.2. The van der Waals surface area contributed by atoms with Gasteiger partial charge in [-0.15, -0.1) is 0 Å². The maximum Gasteiger partial charge on any atom is 0.233 e. The highest BCUT2D eigenvalue weighted by Crippen LogP contribution is 2.29. The lowest BCUT2D eigenvalue weighted by Crippen LogP contribution is -2.12. The summed E-state index contributed by atoms with van der Waals surface area (Å²) < 4.78 is 0. The van der Waals surface area contributed by atoms with Crippen molar-refractivity contribution >= 4 is 28.4 Å². The molecule has 82 valence electrons. The number of allylic oxidation sites excluding steroid dienone is 1. The van der Waals surface area contributed by atoms with E-state index in [4.69, 9.17) is 0 Å². The lowest BCUT2D eigenvalue weighted by Gasteiger charge is -2.08. The van der Waals surface area contributed by atoms with Crippen LogP contribution in [0.5, 0.6) is 0 Å². The third-order valence-corrected chi connectivity index (χ3v) is 3.15. The van der Waals surface area contributed by atoms with Crippen molar-refractivity contribution in [3.63, 3.8) is 0 Å². The molecule has 2 aromatic rings. The monoisotopic (exact) mass is 222 g/mol. The minimum absolute atomic E-state index is 0.408. The van der Waals surface area contributed by atoms with Gasteiger partial charge in [-0.2, -0.15) is 0 Å². The van der Waals surface area contributed by atoms with Gasteiger partial charge in [-0.25, -0.2) is 0 Å². The summed E-state index contributed by atoms with van der Waals surface area (Å²) in [6, 6.07) is 9.68. The van der Waals surface area contributed by atoms with Gasteiger partial charge in [0.2, 0.25) is 11.6 Å². The van der Waals surface area contributed by atoms with Crippen LogP contribution in [0.1, 0.15) is 21.5 Å². The van der Waals surface area contributed by atoms with Crippen LogP contribution in [0.25, 0.3) is 16.8 Å². The summed E-state index contributed by atoms with van der Waals surface area (Å²) in [5, 5.41) is 1.88. The Labute approximate surface area is 98.6 Å². The Hall–Kier alpha value is -2.22. The quantitative estimate of drug-likeness (QED) is 0.642. The van der Waals surface area contributed by atoms with Crippen LogP contribution in [-0.2, 0) is 4.79 Å². The molecule has 0 radical (unpaired) electrons. The van der Waals surface area contributed by atoms with Gasteiger partial charge >= 0.3 is 0 Å². The predicted octanol–water partition coefficient (Wildman–Crippen LogP) is 2.93. The van der Waals surface area contributed by atoms with Crippen molar-refractivity contribution in [3.8, 4) is 0 Å². The van der Waals surface area contributed by atoms with Gasteiger partial charge in [0.1, 0.15) is 0 Å². The van der Waals surface area contributed by atoms with Crippen LogP contribution in [-0.4, -0.2) is 11.6 Å². The van der Waals surface area contributed by atoms with E-state index >= 15 is 0 Å². The lowest BCUT2D eigenvalue weighted by molar-refractivity contribution is -0.110. The zero-order valence-corrected chi connectivity index (χ0v) is 9.36. The Bertz CT molecular complexity index is 693. The van der Waals surface area contributed by atoms with E-state index in [1.807, 2.05) is 37.3 Å². The number of carbonyl (C=O) groups is 2. The Morgan fingerprint density at radius 3 is 2.59 bits per heavy atom. The standard InChI is InChI=1S/C15H10O2/c1-9-5-6-10-3-2-4-11-7-8-12(16)15(17)13(9)14(10)11/h2-8H,1H3. The number of aryl methyl sites for hydroxylation is 1. The summed E-state index contributed by atoms with van der Waals surface area (Å²) in [5.74, 6) is -0.855. The predicted molar refractivity (Wildman–Crippen MR) is 67.1 cm³/mol. The van der Waals surface area contributed by atoms with Crippen molar-refractivity contribution in [1.82, 2.24) is 0 Å². The average molecular weight is 222 g/mol. The third-order valence-electron chi connectivity index (χ3n) is 3.15. The molecule has 1 aliphatic rings. The van der Waals surface area contributed by atoms with Gasteiger partial charge in [0.15, 0.2) is 0 Å². The number of carbonyl (C=O) groups excluding carboxylic acids is 2. The SMILES string of the molecule is Cc1ccc2cccc3c2c1C(=O)C(=O)C=C3. The number of hydrogen-bond acceptors (Lipinski definition) is 2. The summed E-state index contributed by atoms with van der Waals surface area (Å²) in [7, 11) is 0. The van der Waals surface area contributed by atoms with Crippen LogP contribution in [0.2, 0.25) is 0 Å². The van der Waals surface area contributed by atoms with Gasteiger partial charge in [-0.1, -0.05) is 36.4 Å². The summed E-state index contributed by atoms with van der Waals surface area (Å²) in [6.07, 6.45) is 3.08. The highest BCUT2D eigenvalue weighted by molar-refractivity contribution is 6.51. The van der Waals surface area contributed by atoms with Gasteiger partial charge in [-0.3, -0.25) is 9.59 Å². The first-order valence-corrected chi connectivity index (χ1v) is 5.47. The van der Waals surface area contributed by atoms with Crippen LogP contribution < -0.4 is 0 Å². The van der Waals surface area contributed by atoms with Crippen LogP contribution >= 0.6 is 0 Å². The number of ketones is 2. The maximum absolute atomic E-state index is 12.0. The van der Waals surface area contributed by atoms with E-state index in [0.717, 1.165) is 21.9 Å². The van der Waals surface area contributed by atoms with Gasteiger partial charge in [-0.05, 0) is 29.5 Å². The molecule has 0 fully saturated rings. The first-order chi connectivity index (χ1) is 8.18. The average Bonchev–Trinajstić information content (AvgIpc) is 2.46. The topological polar surface area (TPSA) is 34.1 Å². The van der Waals surface area contributed by atoms with E-state index in [0.29, 0.717) is 5.56 Å². The molecule has 0 aliphatic heterocycles. The highest BCUT2D eigenvalue weighted by Gasteiger charge is 2.22. The number of Topliss-reactive ketones (excluding diaryl/α,β-unsaturated/α-hetero) is 1. The van der Waals surface area contributed by atoms with E-state index in [-0.39, 0.29) is 0 Å². The fraction of sp³-hybridized carbons (Fsp3) is 0.0667. The molecule has 2 heteroatoms. The second-order valence-electron chi connectivity index (χ2n) is 4.23. The molecule has 0 aromatic heterocycles. The first kappa shape index (κ1) is 9.97. The molecule has 17 heavy (non-hydrogen) atoms. The number of hydrogen-bond donors (Lipinski definition) is 0. The third kappa shape index (κ3) is 1.34. The molecule has 0 saturated heterocycles.